The number of carbonyl (C=O) groups excluding carboxylic acids is 1. The van der Waals surface area contributed by atoms with Crippen LogP contribution in [0.4, 0.5) is 5.69 Å². The van der Waals surface area contributed by atoms with Crippen LogP contribution in [-0.2, 0) is 0 Å². The van der Waals surface area contributed by atoms with Crippen molar-refractivity contribution in [2.24, 2.45) is 0 Å². The Morgan fingerprint density at radius 1 is 1.33 bits per heavy atom. The summed E-state index contributed by atoms with van der Waals surface area (Å²) in [5, 5.41) is 0.633. The van der Waals surface area contributed by atoms with Gasteiger partial charge in [0.15, 0.2) is 0 Å². The minimum atomic E-state index is -0.0145. The second-order valence-corrected chi connectivity index (χ2v) is 6.74. The molecule has 2 unspecified atom stereocenters. The molecule has 0 radical (unpaired) electrons. The van der Waals surface area contributed by atoms with Crippen LogP contribution in [0.15, 0.2) is 12.1 Å². The van der Waals surface area contributed by atoms with Crippen LogP contribution in [0, 0.1) is 0 Å². The van der Waals surface area contributed by atoms with Gasteiger partial charge in [0, 0.05) is 30.7 Å². The van der Waals surface area contributed by atoms with E-state index < -0.39 is 0 Å². The molecule has 3 rings (SSSR count). The predicted molar refractivity (Wildman–Crippen MR) is 86.0 cm³/mol. The zero-order valence-corrected chi connectivity index (χ0v) is 13.5. The van der Waals surface area contributed by atoms with Crippen molar-refractivity contribution in [1.82, 2.24) is 9.80 Å². The Balaban J connectivity index is 1.84. The maximum Gasteiger partial charge on any atom is 0.254 e. The molecule has 2 aliphatic rings. The van der Waals surface area contributed by atoms with Gasteiger partial charge in [-0.15, -0.1) is 0 Å². The fourth-order valence-electron chi connectivity index (χ4n) is 3.37. The van der Waals surface area contributed by atoms with Crippen LogP contribution in [-0.4, -0.2) is 47.4 Å². The molecule has 1 aromatic rings. The molecule has 0 bridgehead atoms. The zero-order valence-electron chi connectivity index (χ0n) is 12.0. The van der Waals surface area contributed by atoms with Crippen molar-refractivity contribution >= 4 is 34.8 Å². The van der Waals surface area contributed by atoms with Crippen LogP contribution < -0.4 is 5.73 Å². The van der Waals surface area contributed by atoms with E-state index in [0.717, 1.165) is 19.6 Å². The molecule has 2 saturated heterocycles. The Kier molecular flexibility index (Phi) is 4.04. The quantitative estimate of drug-likeness (QED) is 0.807. The van der Waals surface area contributed by atoms with Crippen molar-refractivity contribution in [2.45, 2.75) is 31.8 Å². The summed E-state index contributed by atoms with van der Waals surface area (Å²) in [6.07, 6.45) is 2.39. The topological polar surface area (TPSA) is 49.6 Å². The lowest BCUT2D eigenvalue weighted by atomic mass is 10.1. The molecular formula is C15H19Cl2N3O. The average Bonchev–Trinajstić information content (AvgIpc) is 2.89. The van der Waals surface area contributed by atoms with Crippen molar-refractivity contribution in [2.75, 3.05) is 25.4 Å². The Morgan fingerprint density at radius 2 is 2.10 bits per heavy atom. The summed E-state index contributed by atoms with van der Waals surface area (Å²) in [4.78, 5) is 17.2. The van der Waals surface area contributed by atoms with E-state index in [0.29, 0.717) is 27.3 Å². The third-order valence-corrected chi connectivity index (χ3v) is 5.32. The first-order valence-corrected chi connectivity index (χ1v) is 8.02. The second-order valence-electron chi connectivity index (χ2n) is 5.96. The normalized spacial score (nSPS) is 26.0. The number of benzene rings is 1. The van der Waals surface area contributed by atoms with Gasteiger partial charge in [-0.05, 0) is 38.4 Å². The van der Waals surface area contributed by atoms with Crippen molar-refractivity contribution in [3.8, 4) is 0 Å². The third-order valence-electron chi connectivity index (χ3n) is 4.50. The molecule has 1 aromatic carbocycles. The van der Waals surface area contributed by atoms with Crippen molar-refractivity contribution in [3.05, 3.63) is 27.7 Å². The second kappa shape index (κ2) is 5.67. The van der Waals surface area contributed by atoms with Gasteiger partial charge in [-0.2, -0.15) is 0 Å². The molecule has 0 aromatic heterocycles. The maximum absolute atomic E-state index is 12.8. The number of anilines is 1. The maximum atomic E-state index is 12.8. The van der Waals surface area contributed by atoms with E-state index in [9.17, 15) is 4.79 Å². The molecule has 2 N–H and O–H groups in total. The van der Waals surface area contributed by atoms with Crippen LogP contribution in [0.5, 0.6) is 0 Å². The molecule has 2 fully saturated rings. The number of nitrogen functional groups attached to an aromatic ring is 1. The molecule has 0 spiro atoms. The van der Waals surface area contributed by atoms with E-state index in [-0.39, 0.29) is 11.9 Å². The Labute approximate surface area is 134 Å². The van der Waals surface area contributed by atoms with Crippen LogP contribution in [0.25, 0.3) is 0 Å². The van der Waals surface area contributed by atoms with Gasteiger partial charge < -0.3 is 10.6 Å². The number of halogens is 2. The highest BCUT2D eigenvalue weighted by Crippen LogP contribution is 2.31. The number of amides is 1. The first kappa shape index (κ1) is 14.9. The number of nitrogens with two attached hydrogens (primary N) is 1. The first-order valence-electron chi connectivity index (χ1n) is 7.27. The third kappa shape index (κ3) is 2.72. The summed E-state index contributed by atoms with van der Waals surface area (Å²) in [5.74, 6) is -0.0145. The van der Waals surface area contributed by atoms with Gasteiger partial charge in [-0.3, -0.25) is 9.69 Å². The van der Waals surface area contributed by atoms with Gasteiger partial charge in [0.05, 0.1) is 15.7 Å². The molecule has 2 heterocycles. The Hall–Kier alpha value is -0.970. The molecule has 0 aliphatic carbocycles. The SMILES string of the molecule is CC1CN2CCCC2CN1C(=O)c1cc(N)c(Cl)c(Cl)c1. The van der Waals surface area contributed by atoms with E-state index in [1.807, 2.05) is 4.90 Å². The van der Waals surface area contributed by atoms with E-state index in [2.05, 4.69) is 11.8 Å². The summed E-state index contributed by atoms with van der Waals surface area (Å²) >= 11 is 12.0. The van der Waals surface area contributed by atoms with E-state index >= 15 is 0 Å². The fourth-order valence-corrected chi connectivity index (χ4v) is 3.71. The van der Waals surface area contributed by atoms with Crippen LogP contribution >= 0.6 is 23.2 Å². The molecule has 1 amide bonds. The fraction of sp³-hybridized carbons (Fsp3) is 0.533. The van der Waals surface area contributed by atoms with Crippen LogP contribution in [0.2, 0.25) is 10.0 Å². The molecule has 4 nitrogen and oxygen atoms in total. The number of nitrogens with zero attached hydrogens (tertiary/aromatic N) is 2. The number of piperazine rings is 1. The van der Waals surface area contributed by atoms with Gasteiger partial charge in [0.2, 0.25) is 0 Å². The summed E-state index contributed by atoms with van der Waals surface area (Å²) in [6.45, 7) is 4.96. The number of carbonyl (C=O) groups is 1. The lowest BCUT2D eigenvalue weighted by Crippen LogP contribution is -2.56. The first-order chi connectivity index (χ1) is 9.97. The monoisotopic (exact) mass is 327 g/mol. The van der Waals surface area contributed by atoms with Gasteiger partial charge in [-0.25, -0.2) is 0 Å². The molecule has 6 heteroatoms. The van der Waals surface area contributed by atoms with Crippen molar-refractivity contribution in [1.29, 1.82) is 0 Å². The smallest absolute Gasteiger partial charge is 0.254 e. The standard InChI is InChI=1S/C15H19Cl2N3O/c1-9-7-19-4-2-3-11(19)8-20(9)15(21)10-5-12(16)14(17)13(18)6-10/h5-6,9,11H,2-4,7-8,18H2,1H3. The lowest BCUT2D eigenvalue weighted by Gasteiger charge is -2.42. The van der Waals surface area contributed by atoms with Gasteiger partial charge in [0.25, 0.3) is 5.91 Å². The molecule has 2 aliphatic heterocycles. The molecule has 0 saturated carbocycles. The van der Waals surface area contributed by atoms with Gasteiger partial charge in [0.1, 0.15) is 0 Å². The summed E-state index contributed by atoms with van der Waals surface area (Å²) < 4.78 is 0. The average molecular weight is 328 g/mol. The molecular weight excluding hydrogens is 309 g/mol. The van der Waals surface area contributed by atoms with Gasteiger partial charge in [-0.1, -0.05) is 23.2 Å². The predicted octanol–water partition coefficient (Wildman–Crippen LogP) is 2.88. The zero-order chi connectivity index (χ0) is 15.1. The summed E-state index contributed by atoms with van der Waals surface area (Å²) in [6, 6.07) is 3.91. The Bertz CT molecular complexity index is 555. The minimum absolute atomic E-state index is 0.0145. The highest BCUT2D eigenvalue weighted by Gasteiger charge is 2.36. The molecule has 2 atom stereocenters. The van der Waals surface area contributed by atoms with E-state index in [1.54, 1.807) is 12.1 Å². The van der Waals surface area contributed by atoms with E-state index in [1.165, 1.54) is 12.8 Å². The lowest BCUT2D eigenvalue weighted by molar-refractivity contribution is 0.0395. The van der Waals surface area contributed by atoms with Gasteiger partial charge >= 0.3 is 0 Å². The van der Waals surface area contributed by atoms with Crippen LogP contribution in [0.1, 0.15) is 30.1 Å². The van der Waals surface area contributed by atoms with Crippen LogP contribution in [0.3, 0.4) is 0 Å². The minimum Gasteiger partial charge on any atom is -0.397 e. The summed E-state index contributed by atoms with van der Waals surface area (Å²) in [5.41, 5.74) is 6.67. The molecule has 21 heavy (non-hydrogen) atoms. The Morgan fingerprint density at radius 3 is 2.81 bits per heavy atom. The number of rotatable bonds is 1. The van der Waals surface area contributed by atoms with E-state index in [4.69, 9.17) is 28.9 Å². The highest BCUT2D eigenvalue weighted by molar-refractivity contribution is 6.43. The number of fused-ring (bicyclic) bond motifs is 1. The molecule has 114 valence electrons. The summed E-state index contributed by atoms with van der Waals surface area (Å²) in [7, 11) is 0. The van der Waals surface area contributed by atoms with Crippen molar-refractivity contribution in [3.63, 3.8) is 0 Å². The largest absolute Gasteiger partial charge is 0.397 e. The number of hydrogen-bond donors (Lipinski definition) is 1. The van der Waals surface area contributed by atoms with Crippen molar-refractivity contribution < 1.29 is 4.79 Å². The highest BCUT2D eigenvalue weighted by atomic mass is 35.5. The number of hydrogen-bond acceptors (Lipinski definition) is 3.